The number of benzene rings is 1. The van der Waals surface area contributed by atoms with Crippen molar-refractivity contribution >= 4 is 11.5 Å². The molecule has 1 N–H and O–H groups in total. The Morgan fingerprint density at radius 1 is 1.11 bits per heavy atom. The lowest BCUT2D eigenvalue weighted by Gasteiger charge is -2.23. The maximum absolute atomic E-state index is 13.1. The third-order valence-corrected chi connectivity index (χ3v) is 4.06. The van der Waals surface area contributed by atoms with Crippen molar-refractivity contribution in [1.82, 2.24) is 19.8 Å². The SMILES string of the molecule is COc1ccccc1C(CC(C)C)Nc1ccc2nnc(C(F)(F)F)n2n1. The fourth-order valence-corrected chi connectivity index (χ4v) is 2.91. The number of halogens is 3. The Kier molecular flexibility index (Phi) is 5.20. The lowest BCUT2D eigenvalue weighted by atomic mass is 9.96. The maximum Gasteiger partial charge on any atom is 0.453 e. The van der Waals surface area contributed by atoms with Crippen LogP contribution < -0.4 is 10.1 Å². The standard InChI is InChI=1S/C18H20F3N5O/c1-11(2)10-13(12-6-4-5-7-14(12)27-3)22-15-8-9-16-23-24-17(18(19,20)21)26(16)25-15/h4-9,11,13H,10H2,1-3H3,(H,22,25). The molecule has 0 bridgehead atoms. The second-order valence-electron chi connectivity index (χ2n) is 6.58. The third-order valence-electron chi connectivity index (χ3n) is 4.06. The Balaban J connectivity index is 1.98. The van der Waals surface area contributed by atoms with Crippen LogP contribution in [0.4, 0.5) is 19.0 Å². The Hall–Kier alpha value is -2.84. The van der Waals surface area contributed by atoms with Crippen LogP contribution >= 0.6 is 0 Å². The molecule has 2 aromatic heterocycles. The Labute approximate surface area is 154 Å². The molecule has 0 aliphatic carbocycles. The van der Waals surface area contributed by atoms with E-state index in [1.165, 1.54) is 6.07 Å². The summed E-state index contributed by atoms with van der Waals surface area (Å²) in [6.07, 6.45) is -3.89. The van der Waals surface area contributed by atoms with Gasteiger partial charge in [0, 0.05) is 5.56 Å². The van der Waals surface area contributed by atoms with Crippen molar-refractivity contribution in [2.45, 2.75) is 32.5 Å². The zero-order valence-corrected chi connectivity index (χ0v) is 15.2. The second-order valence-corrected chi connectivity index (χ2v) is 6.58. The molecule has 0 spiro atoms. The van der Waals surface area contributed by atoms with Crippen molar-refractivity contribution in [2.75, 3.05) is 12.4 Å². The molecule has 3 aromatic rings. The molecule has 0 amide bonds. The van der Waals surface area contributed by atoms with E-state index in [0.29, 0.717) is 22.0 Å². The van der Waals surface area contributed by atoms with Gasteiger partial charge in [0.05, 0.1) is 13.2 Å². The van der Waals surface area contributed by atoms with E-state index < -0.39 is 12.0 Å². The fourth-order valence-electron chi connectivity index (χ4n) is 2.91. The number of alkyl halides is 3. The van der Waals surface area contributed by atoms with E-state index in [1.54, 1.807) is 13.2 Å². The summed E-state index contributed by atoms with van der Waals surface area (Å²) in [5.74, 6) is 0.192. The molecule has 6 nitrogen and oxygen atoms in total. The van der Waals surface area contributed by atoms with Gasteiger partial charge in [-0.3, -0.25) is 0 Å². The number of nitrogens with zero attached hydrogens (tertiary/aromatic N) is 4. The first-order chi connectivity index (χ1) is 12.8. The summed E-state index contributed by atoms with van der Waals surface area (Å²) in [4.78, 5) is 0. The topological polar surface area (TPSA) is 64.3 Å². The van der Waals surface area contributed by atoms with Crippen LogP contribution in [0.3, 0.4) is 0 Å². The summed E-state index contributed by atoms with van der Waals surface area (Å²) in [6.45, 7) is 4.14. The molecule has 144 valence electrons. The van der Waals surface area contributed by atoms with Gasteiger partial charge in [0.2, 0.25) is 0 Å². The van der Waals surface area contributed by atoms with Gasteiger partial charge in [-0.05, 0) is 30.5 Å². The molecule has 1 atom stereocenters. The molecule has 0 radical (unpaired) electrons. The summed E-state index contributed by atoms with van der Waals surface area (Å²) in [5.41, 5.74) is 0.945. The van der Waals surface area contributed by atoms with E-state index in [-0.39, 0.29) is 11.7 Å². The van der Waals surface area contributed by atoms with Gasteiger partial charge in [0.1, 0.15) is 11.6 Å². The summed E-state index contributed by atoms with van der Waals surface area (Å²) in [7, 11) is 1.59. The van der Waals surface area contributed by atoms with E-state index in [9.17, 15) is 13.2 Å². The van der Waals surface area contributed by atoms with Gasteiger partial charge < -0.3 is 10.1 Å². The van der Waals surface area contributed by atoms with Crippen LogP contribution in [0, 0.1) is 5.92 Å². The Morgan fingerprint density at radius 3 is 2.52 bits per heavy atom. The van der Waals surface area contributed by atoms with Gasteiger partial charge in [-0.15, -0.1) is 15.3 Å². The van der Waals surface area contributed by atoms with Crippen LogP contribution in [0.15, 0.2) is 36.4 Å². The molecule has 2 heterocycles. The van der Waals surface area contributed by atoms with Gasteiger partial charge in [0.25, 0.3) is 5.82 Å². The zero-order valence-electron chi connectivity index (χ0n) is 15.2. The van der Waals surface area contributed by atoms with E-state index in [4.69, 9.17) is 4.74 Å². The molecule has 9 heteroatoms. The number of nitrogens with one attached hydrogen (secondary N) is 1. The predicted molar refractivity (Wildman–Crippen MR) is 94.6 cm³/mol. The van der Waals surface area contributed by atoms with Crippen molar-refractivity contribution in [1.29, 1.82) is 0 Å². The number of aromatic nitrogens is 4. The summed E-state index contributed by atoms with van der Waals surface area (Å²) in [5, 5.41) is 14.0. The van der Waals surface area contributed by atoms with Crippen molar-refractivity contribution < 1.29 is 17.9 Å². The number of methoxy groups -OCH3 is 1. The molecule has 27 heavy (non-hydrogen) atoms. The largest absolute Gasteiger partial charge is 0.496 e. The second kappa shape index (κ2) is 7.42. The van der Waals surface area contributed by atoms with E-state index in [2.05, 4.69) is 34.5 Å². The highest BCUT2D eigenvalue weighted by atomic mass is 19.4. The molecule has 0 saturated heterocycles. The van der Waals surface area contributed by atoms with Gasteiger partial charge in [-0.1, -0.05) is 32.0 Å². The molecule has 0 saturated carbocycles. The molecular weight excluding hydrogens is 359 g/mol. The first-order valence-corrected chi connectivity index (χ1v) is 8.48. The van der Waals surface area contributed by atoms with E-state index >= 15 is 0 Å². The lowest BCUT2D eigenvalue weighted by molar-refractivity contribution is -0.146. The van der Waals surface area contributed by atoms with Crippen LogP contribution in [0.5, 0.6) is 5.75 Å². The van der Waals surface area contributed by atoms with Gasteiger partial charge in [0.15, 0.2) is 5.65 Å². The van der Waals surface area contributed by atoms with Crippen molar-refractivity contribution in [3.05, 3.63) is 47.8 Å². The molecule has 3 rings (SSSR count). The first-order valence-electron chi connectivity index (χ1n) is 8.48. The minimum Gasteiger partial charge on any atom is -0.496 e. The van der Waals surface area contributed by atoms with Crippen molar-refractivity contribution in [3.8, 4) is 5.75 Å². The minimum absolute atomic E-state index is 0.0329. The highest BCUT2D eigenvalue weighted by molar-refractivity contribution is 5.47. The third kappa shape index (κ3) is 4.12. The van der Waals surface area contributed by atoms with Crippen LogP contribution in [-0.2, 0) is 6.18 Å². The monoisotopic (exact) mass is 379 g/mol. The normalized spacial score (nSPS) is 13.1. The van der Waals surface area contributed by atoms with E-state index in [1.807, 2.05) is 24.3 Å². The van der Waals surface area contributed by atoms with Crippen LogP contribution in [0.25, 0.3) is 5.65 Å². The van der Waals surface area contributed by atoms with E-state index in [0.717, 1.165) is 12.0 Å². The zero-order chi connectivity index (χ0) is 19.6. The van der Waals surface area contributed by atoms with Crippen molar-refractivity contribution in [2.24, 2.45) is 5.92 Å². The van der Waals surface area contributed by atoms with Crippen LogP contribution in [0.1, 0.15) is 37.7 Å². The quantitative estimate of drug-likeness (QED) is 0.690. The number of hydrogen-bond donors (Lipinski definition) is 1. The Bertz CT molecular complexity index is 923. The lowest BCUT2D eigenvalue weighted by Crippen LogP contribution is -2.17. The average Bonchev–Trinajstić information content (AvgIpc) is 3.04. The maximum atomic E-state index is 13.1. The average molecular weight is 379 g/mol. The number of hydrogen-bond acceptors (Lipinski definition) is 5. The number of ether oxygens (including phenoxy) is 1. The summed E-state index contributed by atoms with van der Waals surface area (Å²) < 4.78 is 45.4. The van der Waals surface area contributed by atoms with Crippen LogP contribution in [-0.4, -0.2) is 26.9 Å². The molecule has 1 unspecified atom stereocenters. The van der Waals surface area contributed by atoms with Gasteiger partial charge >= 0.3 is 6.18 Å². The molecule has 0 fully saturated rings. The van der Waals surface area contributed by atoms with Gasteiger partial charge in [-0.2, -0.15) is 17.7 Å². The minimum atomic E-state index is -4.63. The highest BCUT2D eigenvalue weighted by Crippen LogP contribution is 2.32. The molecule has 0 aliphatic rings. The highest BCUT2D eigenvalue weighted by Gasteiger charge is 2.37. The Morgan fingerprint density at radius 2 is 1.85 bits per heavy atom. The first kappa shape index (κ1) is 18.9. The number of rotatable bonds is 6. The van der Waals surface area contributed by atoms with Crippen molar-refractivity contribution in [3.63, 3.8) is 0 Å². The number of para-hydroxylation sites is 1. The smallest absolute Gasteiger partial charge is 0.453 e. The summed E-state index contributed by atoms with van der Waals surface area (Å²) >= 11 is 0. The predicted octanol–water partition coefficient (Wildman–Crippen LogP) is 4.35. The van der Waals surface area contributed by atoms with Crippen LogP contribution in [0.2, 0.25) is 0 Å². The number of fused-ring (bicyclic) bond motifs is 1. The molecular formula is C18H20F3N5O. The molecule has 0 aliphatic heterocycles. The number of anilines is 1. The summed E-state index contributed by atoms with van der Waals surface area (Å²) in [6, 6.07) is 10.4. The molecule has 1 aromatic carbocycles. The van der Waals surface area contributed by atoms with Gasteiger partial charge in [-0.25, -0.2) is 0 Å². The fraction of sp³-hybridized carbons (Fsp3) is 0.389.